The van der Waals surface area contributed by atoms with Crippen molar-refractivity contribution >= 4 is 18.2 Å². The number of hydrogen-bond donors (Lipinski definition) is 3. The molecule has 0 aromatic heterocycles. The third kappa shape index (κ3) is 7.22. The lowest BCUT2D eigenvalue weighted by atomic mass is 9.99. The van der Waals surface area contributed by atoms with Crippen molar-refractivity contribution in [2.24, 2.45) is 5.92 Å². The highest BCUT2D eigenvalue weighted by molar-refractivity contribution is 5.93. The lowest BCUT2D eigenvalue weighted by Gasteiger charge is -2.29. The number of hydrogen-bond acceptors (Lipinski definition) is 4. The second-order valence-electron chi connectivity index (χ2n) is 6.72. The Morgan fingerprint density at radius 3 is 2.41 bits per heavy atom. The third-order valence-electron chi connectivity index (χ3n) is 4.28. The molecule has 0 unspecified atom stereocenters. The number of rotatable bonds is 10. The molecule has 0 bridgehead atoms. The van der Waals surface area contributed by atoms with Gasteiger partial charge >= 0.3 is 0 Å². The molecule has 3 N–H and O–H groups in total. The van der Waals surface area contributed by atoms with Gasteiger partial charge in [0.15, 0.2) is 0 Å². The van der Waals surface area contributed by atoms with Gasteiger partial charge in [-0.1, -0.05) is 50.3 Å². The molecular formula is C20H29N3O4. The number of nitrogens with one attached hydrogen (secondary N) is 2. The van der Waals surface area contributed by atoms with Crippen LogP contribution in [0.1, 0.15) is 32.4 Å². The van der Waals surface area contributed by atoms with Crippen LogP contribution in [0.5, 0.6) is 0 Å². The SMILES string of the molecule is C/C(=C\[C@H](C(C)C)N(C)C(=O)CNC=O)C(=O)NC[C@@H](O)c1ccccc1. The maximum absolute atomic E-state index is 12.3. The lowest BCUT2D eigenvalue weighted by Crippen LogP contribution is -2.43. The maximum Gasteiger partial charge on any atom is 0.246 e. The summed E-state index contributed by atoms with van der Waals surface area (Å²) in [5.41, 5.74) is 1.18. The van der Waals surface area contributed by atoms with E-state index < -0.39 is 6.10 Å². The van der Waals surface area contributed by atoms with Crippen molar-refractivity contribution in [1.29, 1.82) is 0 Å². The fraction of sp³-hybridized carbons (Fsp3) is 0.450. The molecule has 3 amide bonds. The van der Waals surface area contributed by atoms with Gasteiger partial charge in [-0.2, -0.15) is 0 Å². The van der Waals surface area contributed by atoms with Gasteiger partial charge in [0.2, 0.25) is 18.2 Å². The fourth-order valence-corrected chi connectivity index (χ4v) is 2.63. The zero-order valence-corrected chi connectivity index (χ0v) is 16.3. The van der Waals surface area contributed by atoms with Crippen LogP contribution in [0.4, 0.5) is 0 Å². The van der Waals surface area contributed by atoms with E-state index in [9.17, 15) is 19.5 Å². The average Bonchev–Trinajstić information content (AvgIpc) is 2.67. The molecule has 0 aliphatic carbocycles. The van der Waals surface area contributed by atoms with Crippen LogP contribution in [-0.2, 0) is 14.4 Å². The molecule has 0 heterocycles. The van der Waals surface area contributed by atoms with E-state index in [0.717, 1.165) is 5.56 Å². The molecule has 0 aliphatic heterocycles. The van der Waals surface area contributed by atoms with Crippen molar-refractivity contribution in [3.05, 3.63) is 47.5 Å². The molecule has 1 aromatic rings. The molecule has 7 heteroatoms. The zero-order valence-electron chi connectivity index (χ0n) is 16.3. The summed E-state index contributed by atoms with van der Waals surface area (Å²) in [6.07, 6.45) is 1.42. The van der Waals surface area contributed by atoms with Crippen molar-refractivity contribution in [1.82, 2.24) is 15.5 Å². The summed E-state index contributed by atoms with van der Waals surface area (Å²) in [7, 11) is 1.64. The number of aliphatic hydroxyl groups is 1. The van der Waals surface area contributed by atoms with Crippen LogP contribution in [-0.4, -0.2) is 54.4 Å². The van der Waals surface area contributed by atoms with Gasteiger partial charge in [0.25, 0.3) is 0 Å². The second-order valence-corrected chi connectivity index (χ2v) is 6.72. The first-order valence-corrected chi connectivity index (χ1v) is 8.90. The molecular weight excluding hydrogens is 346 g/mol. The van der Waals surface area contributed by atoms with Crippen LogP contribution < -0.4 is 10.6 Å². The number of nitrogens with zero attached hydrogens (tertiary/aromatic N) is 1. The highest BCUT2D eigenvalue weighted by Crippen LogP contribution is 2.14. The summed E-state index contributed by atoms with van der Waals surface area (Å²) >= 11 is 0. The van der Waals surface area contributed by atoms with Crippen LogP contribution >= 0.6 is 0 Å². The minimum Gasteiger partial charge on any atom is -0.387 e. The molecule has 148 valence electrons. The largest absolute Gasteiger partial charge is 0.387 e. The molecule has 1 aromatic carbocycles. The molecule has 0 spiro atoms. The van der Waals surface area contributed by atoms with E-state index in [0.29, 0.717) is 12.0 Å². The van der Waals surface area contributed by atoms with Crippen LogP contribution in [0.25, 0.3) is 0 Å². The van der Waals surface area contributed by atoms with Gasteiger partial charge in [-0.15, -0.1) is 0 Å². The van der Waals surface area contributed by atoms with Crippen molar-refractivity contribution in [2.75, 3.05) is 20.1 Å². The van der Waals surface area contributed by atoms with Crippen LogP contribution in [0.15, 0.2) is 42.0 Å². The van der Waals surface area contributed by atoms with Gasteiger partial charge in [-0.3, -0.25) is 14.4 Å². The molecule has 27 heavy (non-hydrogen) atoms. The van der Waals surface area contributed by atoms with Crippen molar-refractivity contribution in [3.63, 3.8) is 0 Å². The molecule has 0 saturated heterocycles. The van der Waals surface area contributed by atoms with Gasteiger partial charge in [0.05, 0.1) is 18.7 Å². The van der Waals surface area contributed by atoms with Crippen molar-refractivity contribution in [3.8, 4) is 0 Å². The van der Waals surface area contributed by atoms with E-state index in [1.54, 1.807) is 32.2 Å². The van der Waals surface area contributed by atoms with Crippen LogP contribution in [0.2, 0.25) is 0 Å². The summed E-state index contributed by atoms with van der Waals surface area (Å²) in [6, 6.07) is 8.80. The predicted octanol–water partition coefficient (Wildman–Crippen LogP) is 1.01. The summed E-state index contributed by atoms with van der Waals surface area (Å²) in [5.74, 6) is -0.472. The first-order valence-electron chi connectivity index (χ1n) is 8.90. The molecule has 0 fully saturated rings. The summed E-state index contributed by atoms with van der Waals surface area (Å²) in [4.78, 5) is 36.3. The molecule has 0 aliphatic rings. The van der Waals surface area contributed by atoms with E-state index >= 15 is 0 Å². The minimum atomic E-state index is -0.789. The topological polar surface area (TPSA) is 98.7 Å². The molecule has 0 radical (unpaired) electrons. The minimum absolute atomic E-state index is 0.0767. The quantitative estimate of drug-likeness (QED) is 0.420. The standard InChI is InChI=1S/C20H29N3O4/c1-14(2)17(23(4)19(26)12-21-13-24)10-15(3)20(27)22-11-18(25)16-8-6-5-7-9-16/h5-10,13-14,17-18,25H,11-12H2,1-4H3,(H,21,24)(H,22,27)/b15-10+/t17-,18-/m1/s1. The normalized spacial score (nSPS) is 13.6. The number of carbonyl (C=O) groups is 3. The van der Waals surface area contributed by atoms with E-state index in [-0.39, 0.29) is 36.9 Å². The Hall–Kier alpha value is -2.67. The van der Waals surface area contributed by atoms with Gasteiger partial charge in [0, 0.05) is 19.2 Å². The summed E-state index contributed by atoms with van der Waals surface area (Å²) in [6.45, 7) is 5.57. The van der Waals surface area contributed by atoms with Gasteiger partial charge in [-0.25, -0.2) is 0 Å². The average molecular weight is 375 g/mol. The highest BCUT2D eigenvalue weighted by Gasteiger charge is 2.22. The summed E-state index contributed by atoms with van der Waals surface area (Å²) < 4.78 is 0. The van der Waals surface area contributed by atoms with Crippen LogP contribution in [0, 0.1) is 5.92 Å². The molecule has 2 atom stereocenters. The Morgan fingerprint density at radius 1 is 1.22 bits per heavy atom. The second kappa shape index (κ2) is 11.1. The first kappa shape index (κ1) is 22.4. The van der Waals surface area contributed by atoms with E-state index in [1.807, 2.05) is 32.0 Å². The number of benzene rings is 1. The van der Waals surface area contributed by atoms with Gasteiger partial charge < -0.3 is 20.6 Å². The highest BCUT2D eigenvalue weighted by atomic mass is 16.3. The van der Waals surface area contributed by atoms with Crippen LogP contribution in [0.3, 0.4) is 0 Å². The Labute approximate surface area is 160 Å². The summed E-state index contributed by atoms with van der Waals surface area (Å²) in [5, 5.41) is 15.2. The lowest BCUT2D eigenvalue weighted by molar-refractivity contribution is -0.132. The van der Waals surface area contributed by atoms with Crippen molar-refractivity contribution < 1.29 is 19.5 Å². The number of amides is 3. The van der Waals surface area contributed by atoms with Crippen molar-refractivity contribution in [2.45, 2.75) is 32.9 Å². The fourth-order valence-electron chi connectivity index (χ4n) is 2.63. The van der Waals surface area contributed by atoms with Gasteiger partial charge in [-0.05, 0) is 18.4 Å². The van der Waals surface area contributed by atoms with Gasteiger partial charge in [0.1, 0.15) is 0 Å². The maximum atomic E-state index is 12.3. The van der Waals surface area contributed by atoms with E-state index in [1.165, 1.54) is 4.90 Å². The third-order valence-corrected chi connectivity index (χ3v) is 4.28. The Balaban J connectivity index is 2.72. The Kier molecular flexibility index (Phi) is 9.22. The smallest absolute Gasteiger partial charge is 0.246 e. The molecule has 7 nitrogen and oxygen atoms in total. The number of carbonyl (C=O) groups excluding carboxylic acids is 3. The Morgan fingerprint density at radius 2 is 1.85 bits per heavy atom. The van der Waals surface area contributed by atoms with E-state index in [2.05, 4.69) is 10.6 Å². The number of aliphatic hydroxyl groups excluding tert-OH is 1. The zero-order chi connectivity index (χ0) is 20.4. The first-order chi connectivity index (χ1) is 12.8. The monoisotopic (exact) mass is 375 g/mol. The predicted molar refractivity (Wildman–Crippen MR) is 104 cm³/mol. The van der Waals surface area contributed by atoms with E-state index in [4.69, 9.17) is 0 Å². The molecule has 0 saturated carbocycles. The number of likely N-dealkylation sites (N-methyl/N-ethyl adjacent to an activating group) is 1. The Bertz CT molecular complexity index is 658. The molecule has 1 rings (SSSR count).